The third kappa shape index (κ3) is 4.25. The maximum atomic E-state index is 12.5. The minimum atomic E-state index is -0.802. The zero-order valence-electron chi connectivity index (χ0n) is 13.9. The number of morpholine rings is 1. The zero-order chi connectivity index (χ0) is 18.5. The number of hydrogen-bond acceptors (Lipinski definition) is 4. The van der Waals surface area contributed by atoms with Gasteiger partial charge in [0.25, 0.3) is 0 Å². The van der Waals surface area contributed by atoms with Gasteiger partial charge in [0.2, 0.25) is 5.91 Å². The molecule has 0 spiro atoms. The first-order chi connectivity index (χ1) is 12.5. The van der Waals surface area contributed by atoms with E-state index in [9.17, 15) is 9.59 Å². The van der Waals surface area contributed by atoms with Crippen LogP contribution >= 0.6 is 11.6 Å². The number of primary amides is 1. The van der Waals surface area contributed by atoms with Gasteiger partial charge in [-0.25, -0.2) is 4.79 Å². The molecule has 1 heterocycles. The second-order valence-electron chi connectivity index (χ2n) is 5.67. The van der Waals surface area contributed by atoms with Crippen LogP contribution in [0.15, 0.2) is 48.5 Å². The Morgan fingerprint density at radius 2 is 1.85 bits per heavy atom. The van der Waals surface area contributed by atoms with Gasteiger partial charge in [-0.2, -0.15) is 0 Å². The molecule has 0 aliphatic carbocycles. The predicted octanol–water partition coefficient (Wildman–Crippen LogP) is 2.85. The van der Waals surface area contributed by atoms with E-state index < -0.39 is 12.0 Å². The summed E-state index contributed by atoms with van der Waals surface area (Å²) in [6, 6.07) is 13.7. The van der Waals surface area contributed by atoms with Crippen molar-refractivity contribution in [3.63, 3.8) is 0 Å². The zero-order valence-corrected chi connectivity index (χ0v) is 14.6. The number of ether oxygens (including phenoxy) is 2. The lowest BCUT2D eigenvalue weighted by Crippen LogP contribution is -2.51. The summed E-state index contributed by atoms with van der Waals surface area (Å²) < 4.78 is 11.1. The summed E-state index contributed by atoms with van der Waals surface area (Å²) >= 11 is 6.12. The Morgan fingerprint density at radius 1 is 1.15 bits per heavy atom. The van der Waals surface area contributed by atoms with E-state index in [-0.39, 0.29) is 19.2 Å². The van der Waals surface area contributed by atoms with Gasteiger partial charge in [-0.3, -0.25) is 4.79 Å². The molecule has 2 aromatic carbocycles. The van der Waals surface area contributed by atoms with Crippen molar-refractivity contribution in [2.45, 2.75) is 6.10 Å². The van der Waals surface area contributed by atoms with Gasteiger partial charge in [0.05, 0.1) is 23.9 Å². The fourth-order valence-electron chi connectivity index (χ4n) is 2.51. The number of carbonyl (C=O) groups excluding carboxylic acids is 2. The minimum Gasteiger partial charge on any atom is -0.454 e. The van der Waals surface area contributed by atoms with Gasteiger partial charge in [0.1, 0.15) is 5.75 Å². The van der Waals surface area contributed by atoms with Crippen LogP contribution in [-0.2, 0) is 9.53 Å². The average Bonchev–Trinajstić information content (AvgIpc) is 2.65. The summed E-state index contributed by atoms with van der Waals surface area (Å²) in [5, 5.41) is 3.25. The minimum absolute atomic E-state index is 0.106. The highest BCUT2D eigenvalue weighted by Gasteiger charge is 2.28. The van der Waals surface area contributed by atoms with Crippen molar-refractivity contribution in [3.05, 3.63) is 53.6 Å². The van der Waals surface area contributed by atoms with Crippen molar-refractivity contribution in [2.24, 2.45) is 5.73 Å². The quantitative estimate of drug-likeness (QED) is 0.859. The summed E-state index contributed by atoms with van der Waals surface area (Å²) in [4.78, 5) is 25.3. The van der Waals surface area contributed by atoms with E-state index in [4.69, 9.17) is 26.8 Å². The summed E-state index contributed by atoms with van der Waals surface area (Å²) in [7, 11) is 0. The molecule has 3 N–H and O–H groups in total. The Hall–Kier alpha value is -2.77. The van der Waals surface area contributed by atoms with Crippen LogP contribution in [0.4, 0.5) is 10.5 Å². The van der Waals surface area contributed by atoms with Crippen molar-refractivity contribution in [2.75, 3.05) is 25.0 Å². The molecule has 1 fully saturated rings. The van der Waals surface area contributed by atoms with E-state index in [0.717, 1.165) is 0 Å². The lowest BCUT2D eigenvalue weighted by Gasteiger charge is -2.31. The van der Waals surface area contributed by atoms with Gasteiger partial charge in [0, 0.05) is 6.54 Å². The lowest BCUT2D eigenvalue weighted by molar-refractivity contribution is -0.133. The van der Waals surface area contributed by atoms with Crippen LogP contribution in [0.2, 0.25) is 5.02 Å². The van der Waals surface area contributed by atoms with Gasteiger partial charge >= 0.3 is 6.03 Å². The van der Waals surface area contributed by atoms with Gasteiger partial charge in [0.15, 0.2) is 11.9 Å². The molecule has 0 aromatic heterocycles. The molecule has 2 aromatic rings. The number of amides is 3. The van der Waals surface area contributed by atoms with Crippen LogP contribution in [0, 0.1) is 0 Å². The number of nitrogens with two attached hydrogens (primary N) is 1. The SMILES string of the molecule is NC(=O)[C@H]1CN(C(=O)Nc2ccccc2Oc2ccccc2Cl)CCO1. The number of carbonyl (C=O) groups is 2. The Balaban J connectivity index is 1.73. The number of nitrogens with zero attached hydrogens (tertiary/aromatic N) is 1. The molecule has 1 aliphatic rings. The summed E-state index contributed by atoms with van der Waals surface area (Å²) in [5.74, 6) is 0.342. The molecular weight excluding hydrogens is 358 g/mol. The molecule has 1 saturated heterocycles. The van der Waals surface area contributed by atoms with E-state index in [1.54, 1.807) is 48.5 Å². The first kappa shape index (κ1) is 18.0. The fraction of sp³-hybridized carbons (Fsp3) is 0.222. The molecule has 0 bridgehead atoms. The molecule has 3 amide bonds. The molecule has 3 rings (SSSR count). The number of nitrogens with one attached hydrogen (secondary N) is 1. The number of rotatable bonds is 4. The van der Waals surface area contributed by atoms with Crippen LogP contribution in [0.5, 0.6) is 11.5 Å². The van der Waals surface area contributed by atoms with Crippen LogP contribution in [0.1, 0.15) is 0 Å². The average molecular weight is 376 g/mol. The molecule has 7 nitrogen and oxygen atoms in total. The second kappa shape index (κ2) is 8.07. The Morgan fingerprint density at radius 3 is 2.58 bits per heavy atom. The first-order valence-electron chi connectivity index (χ1n) is 8.03. The maximum Gasteiger partial charge on any atom is 0.322 e. The van der Waals surface area contributed by atoms with Crippen LogP contribution in [0.3, 0.4) is 0 Å². The summed E-state index contributed by atoms with van der Waals surface area (Å²) in [5.41, 5.74) is 5.74. The van der Waals surface area contributed by atoms with E-state index in [1.165, 1.54) is 4.90 Å². The van der Waals surface area contributed by atoms with E-state index in [0.29, 0.717) is 28.8 Å². The van der Waals surface area contributed by atoms with Crippen molar-refractivity contribution in [3.8, 4) is 11.5 Å². The molecule has 0 saturated carbocycles. The van der Waals surface area contributed by atoms with E-state index >= 15 is 0 Å². The molecule has 1 aliphatic heterocycles. The summed E-state index contributed by atoms with van der Waals surface area (Å²) in [6.45, 7) is 0.719. The molecule has 1 atom stereocenters. The number of anilines is 1. The van der Waals surface area contributed by atoms with Gasteiger partial charge < -0.3 is 25.4 Å². The largest absolute Gasteiger partial charge is 0.454 e. The van der Waals surface area contributed by atoms with Gasteiger partial charge in [-0.05, 0) is 24.3 Å². The highest BCUT2D eigenvalue weighted by molar-refractivity contribution is 6.32. The van der Waals surface area contributed by atoms with Crippen LogP contribution in [0.25, 0.3) is 0 Å². The number of urea groups is 1. The number of halogens is 1. The Bertz CT molecular complexity index is 815. The van der Waals surface area contributed by atoms with E-state index in [2.05, 4.69) is 5.32 Å². The van der Waals surface area contributed by atoms with Crippen LogP contribution < -0.4 is 15.8 Å². The fourth-order valence-corrected chi connectivity index (χ4v) is 2.68. The van der Waals surface area contributed by atoms with Crippen molar-refractivity contribution in [1.29, 1.82) is 0 Å². The molecule has 0 unspecified atom stereocenters. The number of para-hydroxylation sites is 3. The normalized spacial score (nSPS) is 16.8. The third-order valence-corrected chi connectivity index (χ3v) is 4.17. The highest BCUT2D eigenvalue weighted by Crippen LogP contribution is 2.33. The van der Waals surface area contributed by atoms with E-state index in [1.807, 2.05) is 0 Å². The standard InChI is InChI=1S/C18H18ClN3O4/c19-12-5-1-3-7-14(12)26-15-8-4-2-6-13(15)21-18(24)22-9-10-25-16(11-22)17(20)23/h1-8,16H,9-11H2,(H2,20,23)(H,21,24)/t16-/m1/s1. The summed E-state index contributed by atoms with van der Waals surface area (Å²) in [6.07, 6.45) is -0.802. The first-order valence-corrected chi connectivity index (χ1v) is 8.40. The third-order valence-electron chi connectivity index (χ3n) is 3.86. The van der Waals surface area contributed by atoms with Gasteiger partial charge in [-0.15, -0.1) is 0 Å². The molecular formula is C18H18ClN3O4. The van der Waals surface area contributed by atoms with Crippen LogP contribution in [-0.4, -0.2) is 42.6 Å². The predicted molar refractivity (Wildman–Crippen MR) is 97.5 cm³/mol. The van der Waals surface area contributed by atoms with Crippen molar-refractivity contribution < 1.29 is 19.1 Å². The highest BCUT2D eigenvalue weighted by atomic mass is 35.5. The molecule has 136 valence electrons. The molecule has 8 heteroatoms. The lowest BCUT2D eigenvalue weighted by atomic mass is 10.2. The van der Waals surface area contributed by atoms with Crippen molar-refractivity contribution >= 4 is 29.2 Å². The smallest absolute Gasteiger partial charge is 0.322 e. The number of hydrogen-bond donors (Lipinski definition) is 2. The number of benzene rings is 2. The maximum absolute atomic E-state index is 12.5. The molecule has 26 heavy (non-hydrogen) atoms. The monoisotopic (exact) mass is 375 g/mol. The Kier molecular flexibility index (Phi) is 5.60. The second-order valence-corrected chi connectivity index (χ2v) is 6.07. The van der Waals surface area contributed by atoms with Crippen molar-refractivity contribution in [1.82, 2.24) is 4.90 Å². The Labute approximate surface area is 155 Å². The molecule has 0 radical (unpaired) electrons. The topological polar surface area (TPSA) is 93.9 Å². The van der Waals surface area contributed by atoms with Gasteiger partial charge in [-0.1, -0.05) is 35.9 Å².